The van der Waals surface area contributed by atoms with Crippen LogP contribution in [0.5, 0.6) is 11.5 Å². The van der Waals surface area contributed by atoms with E-state index in [1.807, 2.05) is 62.4 Å². The molecule has 4 rings (SSSR count). The van der Waals surface area contributed by atoms with Crippen molar-refractivity contribution in [2.75, 3.05) is 13.3 Å². The van der Waals surface area contributed by atoms with Gasteiger partial charge < -0.3 is 19.7 Å². The van der Waals surface area contributed by atoms with E-state index in [2.05, 4.69) is 5.32 Å². The molecular weight excluding hydrogens is 471 g/mol. The van der Waals surface area contributed by atoms with Crippen molar-refractivity contribution in [3.63, 3.8) is 0 Å². The molecule has 1 aliphatic heterocycles. The number of fused-ring (bicyclic) bond motifs is 1. The minimum Gasteiger partial charge on any atom is -0.454 e. The smallest absolute Gasteiger partial charge is 0.243 e. The van der Waals surface area contributed by atoms with Crippen LogP contribution >= 0.6 is 0 Å². The number of rotatable bonds is 11. The summed E-state index contributed by atoms with van der Waals surface area (Å²) in [5, 5.41) is 3.01. The van der Waals surface area contributed by atoms with Crippen LogP contribution < -0.4 is 14.8 Å². The molecule has 7 heteroatoms. The van der Waals surface area contributed by atoms with Gasteiger partial charge in [-0.2, -0.15) is 0 Å². The molecule has 194 valence electrons. The van der Waals surface area contributed by atoms with Crippen molar-refractivity contribution in [3.05, 3.63) is 95.3 Å². The van der Waals surface area contributed by atoms with E-state index >= 15 is 0 Å². The van der Waals surface area contributed by atoms with Gasteiger partial charge in [-0.15, -0.1) is 0 Å². The minimum atomic E-state index is -0.713. The second-order valence-electron chi connectivity index (χ2n) is 9.68. The van der Waals surface area contributed by atoms with Gasteiger partial charge in [0.05, 0.1) is 0 Å². The average molecular weight is 505 g/mol. The topological polar surface area (TPSA) is 67.9 Å². The van der Waals surface area contributed by atoms with E-state index in [9.17, 15) is 14.0 Å². The summed E-state index contributed by atoms with van der Waals surface area (Å²) in [6.07, 6.45) is 1.08. The number of benzene rings is 3. The Bertz CT molecular complexity index is 1200. The first-order chi connectivity index (χ1) is 17.9. The molecule has 3 aromatic carbocycles. The molecule has 0 radical (unpaired) electrons. The quantitative estimate of drug-likeness (QED) is 0.403. The van der Waals surface area contributed by atoms with Gasteiger partial charge in [-0.3, -0.25) is 9.59 Å². The summed E-state index contributed by atoms with van der Waals surface area (Å²) in [7, 11) is 0. The lowest BCUT2D eigenvalue weighted by Gasteiger charge is -2.32. The first kappa shape index (κ1) is 26.2. The fourth-order valence-corrected chi connectivity index (χ4v) is 4.25. The van der Waals surface area contributed by atoms with Gasteiger partial charge in [-0.05, 0) is 53.3 Å². The van der Waals surface area contributed by atoms with Crippen molar-refractivity contribution in [1.29, 1.82) is 0 Å². The third-order valence-corrected chi connectivity index (χ3v) is 6.29. The van der Waals surface area contributed by atoms with Crippen LogP contribution in [0.3, 0.4) is 0 Å². The number of carbonyl (C=O) groups excluding carboxylic acids is 2. The molecular formula is C30H33FN2O4. The van der Waals surface area contributed by atoms with Gasteiger partial charge in [0.25, 0.3) is 0 Å². The Morgan fingerprint density at radius 2 is 1.62 bits per heavy atom. The molecule has 1 unspecified atom stereocenters. The molecule has 0 saturated heterocycles. The van der Waals surface area contributed by atoms with Crippen molar-refractivity contribution in [2.45, 2.75) is 45.7 Å². The molecule has 2 amide bonds. The van der Waals surface area contributed by atoms with Crippen LogP contribution in [0.1, 0.15) is 37.0 Å². The fraction of sp³-hybridized carbons (Fsp3) is 0.333. The molecule has 3 aromatic rings. The van der Waals surface area contributed by atoms with E-state index in [0.717, 1.165) is 16.7 Å². The summed E-state index contributed by atoms with van der Waals surface area (Å²) in [6.45, 7) is 4.96. The predicted octanol–water partition coefficient (Wildman–Crippen LogP) is 4.90. The Morgan fingerprint density at radius 3 is 2.35 bits per heavy atom. The van der Waals surface area contributed by atoms with Crippen molar-refractivity contribution in [3.8, 4) is 11.5 Å². The highest BCUT2D eigenvalue weighted by Crippen LogP contribution is 2.33. The Labute approximate surface area is 217 Å². The van der Waals surface area contributed by atoms with E-state index in [0.29, 0.717) is 30.9 Å². The Kier molecular flexibility index (Phi) is 8.77. The molecule has 1 atom stereocenters. The van der Waals surface area contributed by atoms with E-state index in [1.165, 1.54) is 12.1 Å². The van der Waals surface area contributed by atoms with Crippen molar-refractivity contribution in [2.24, 2.45) is 5.92 Å². The third kappa shape index (κ3) is 7.32. The lowest BCUT2D eigenvalue weighted by molar-refractivity contribution is -0.141. The highest BCUT2D eigenvalue weighted by atomic mass is 19.1. The maximum absolute atomic E-state index is 13.7. The number of nitrogens with one attached hydrogen (secondary N) is 1. The van der Waals surface area contributed by atoms with Crippen LogP contribution in [0, 0.1) is 11.7 Å². The van der Waals surface area contributed by atoms with E-state index < -0.39 is 6.04 Å². The number of halogens is 1. The summed E-state index contributed by atoms with van der Waals surface area (Å²) < 4.78 is 24.4. The lowest BCUT2D eigenvalue weighted by atomic mass is 10.0. The van der Waals surface area contributed by atoms with Gasteiger partial charge in [0.1, 0.15) is 11.9 Å². The van der Waals surface area contributed by atoms with Crippen LogP contribution in [-0.2, 0) is 29.0 Å². The van der Waals surface area contributed by atoms with Crippen LogP contribution in [0.15, 0.2) is 72.8 Å². The van der Waals surface area contributed by atoms with Crippen molar-refractivity contribution >= 4 is 11.8 Å². The van der Waals surface area contributed by atoms with Crippen molar-refractivity contribution < 1.29 is 23.5 Å². The molecule has 1 heterocycles. The molecule has 0 aromatic heterocycles. The van der Waals surface area contributed by atoms with Crippen LogP contribution in [0.2, 0.25) is 0 Å². The van der Waals surface area contributed by atoms with E-state index in [4.69, 9.17) is 9.47 Å². The summed E-state index contributed by atoms with van der Waals surface area (Å²) in [5.74, 6) is 0.938. The van der Waals surface area contributed by atoms with E-state index in [-0.39, 0.29) is 43.3 Å². The first-order valence-corrected chi connectivity index (χ1v) is 12.6. The van der Waals surface area contributed by atoms with Gasteiger partial charge in [-0.25, -0.2) is 4.39 Å². The lowest BCUT2D eigenvalue weighted by Crippen LogP contribution is -2.51. The molecule has 6 nitrogen and oxygen atoms in total. The summed E-state index contributed by atoms with van der Waals surface area (Å²) in [6, 6.07) is 20.7. The third-order valence-electron chi connectivity index (χ3n) is 6.29. The van der Waals surface area contributed by atoms with Crippen LogP contribution in [0.25, 0.3) is 0 Å². The fourth-order valence-electron chi connectivity index (χ4n) is 4.25. The maximum Gasteiger partial charge on any atom is 0.243 e. The second kappa shape index (κ2) is 12.4. The SMILES string of the molecule is CC(C)CNC(=O)C(Cc1ccccc1)N(Cc1ccc(F)cc1)C(=O)CCc1ccc2c(c1)OCO2. The largest absolute Gasteiger partial charge is 0.454 e. The molecule has 0 fully saturated rings. The van der Waals surface area contributed by atoms with Gasteiger partial charge in [0.15, 0.2) is 11.5 Å². The predicted molar refractivity (Wildman–Crippen MR) is 140 cm³/mol. The Morgan fingerprint density at radius 1 is 0.919 bits per heavy atom. The monoisotopic (exact) mass is 504 g/mol. The molecule has 1 N–H and O–H groups in total. The standard InChI is InChI=1S/C30H33FN2O4/c1-21(2)18-32-30(35)26(16-22-6-4-3-5-7-22)33(19-24-8-12-25(31)13-9-24)29(34)15-11-23-10-14-27-28(17-23)37-20-36-27/h3-10,12-14,17,21,26H,11,15-16,18-20H2,1-2H3,(H,32,35). The number of nitrogens with zero attached hydrogens (tertiary/aromatic N) is 1. The number of hydrogen-bond acceptors (Lipinski definition) is 4. The number of carbonyl (C=O) groups is 2. The zero-order chi connectivity index (χ0) is 26.2. The molecule has 0 aliphatic carbocycles. The number of ether oxygens (including phenoxy) is 2. The first-order valence-electron chi connectivity index (χ1n) is 12.6. The summed E-state index contributed by atoms with van der Waals surface area (Å²) in [4.78, 5) is 28.8. The maximum atomic E-state index is 13.7. The second-order valence-corrected chi connectivity index (χ2v) is 9.68. The number of amides is 2. The van der Waals surface area contributed by atoms with Gasteiger partial charge >= 0.3 is 0 Å². The summed E-state index contributed by atoms with van der Waals surface area (Å²) >= 11 is 0. The molecule has 1 aliphatic rings. The zero-order valence-electron chi connectivity index (χ0n) is 21.3. The van der Waals surface area contributed by atoms with Crippen molar-refractivity contribution in [1.82, 2.24) is 10.2 Å². The van der Waals surface area contributed by atoms with E-state index in [1.54, 1.807) is 17.0 Å². The summed E-state index contributed by atoms with van der Waals surface area (Å²) in [5.41, 5.74) is 2.66. The van der Waals surface area contributed by atoms with Crippen LogP contribution in [-0.4, -0.2) is 36.1 Å². The van der Waals surface area contributed by atoms with Gasteiger partial charge in [0.2, 0.25) is 18.6 Å². The highest BCUT2D eigenvalue weighted by Gasteiger charge is 2.30. The molecule has 0 spiro atoms. The molecule has 0 bridgehead atoms. The van der Waals surface area contributed by atoms with Crippen LogP contribution in [0.4, 0.5) is 4.39 Å². The normalized spacial score (nSPS) is 12.9. The highest BCUT2D eigenvalue weighted by molar-refractivity contribution is 5.88. The number of aryl methyl sites for hydroxylation is 1. The van der Waals surface area contributed by atoms with Gasteiger partial charge in [0, 0.05) is 25.9 Å². The molecule has 37 heavy (non-hydrogen) atoms. The molecule has 0 saturated carbocycles. The minimum absolute atomic E-state index is 0.150. The zero-order valence-corrected chi connectivity index (χ0v) is 21.3. The Balaban J connectivity index is 1.58. The average Bonchev–Trinajstić information content (AvgIpc) is 3.37. The number of hydrogen-bond donors (Lipinski definition) is 1. The van der Waals surface area contributed by atoms with Gasteiger partial charge in [-0.1, -0.05) is 62.4 Å². The Hall–Kier alpha value is -3.87.